The minimum Gasteiger partial charge on any atom is -0.372 e. The fourth-order valence-electron chi connectivity index (χ4n) is 2.25. The predicted octanol–water partition coefficient (Wildman–Crippen LogP) is 1.68. The van der Waals surface area contributed by atoms with Crippen molar-refractivity contribution in [2.45, 2.75) is 19.5 Å². The highest BCUT2D eigenvalue weighted by Gasteiger charge is 2.19. The van der Waals surface area contributed by atoms with Gasteiger partial charge >= 0.3 is 0 Å². The molecule has 0 unspecified atom stereocenters. The van der Waals surface area contributed by atoms with Crippen molar-refractivity contribution in [1.82, 2.24) is 14.9 Å². The van der Waals surface area contributed by atoms with Crippen molar-refractivity contribution in [2.24, 2.45) is 0 Å². The number of amides is 1. The molecule has 1 N–H and O–H groups in total. The molecule has 0 fully saturated rings. The van der Waals surface area contributed by atoms with Gasteiger partial charge in [-0.3, -0.25) is 14.9 Å². The Hall–Kier alpha value is -2.90. The van der Waals surface area contributed by atoms with E-state index in [0.717, 1.165) is 0 Å². The van der Waals surface area contributed by atoms with E-state index in [1.165, 1.54) is 6.07 Å². The molecule has 23 heavy (non-hydrogen) atoms. The third-order valence-corrected chi connectivity index (χ3v) is 3.34. The molecule has 1 aromatic heterocycles. The van der Waals surface area contributed by atoms with Gasteiger partial charge in [0.1, 0.15) is 5.69 Å². The van der Waals surface area contributed by atoms with Crippen LogP contribution in [0.15, 0.2) is 36.9 Å². The summed E-state index contributed by atoms with van der Waals surface area (Å²) in [6.07, 6.45) is 5.14. The average molecular weight is 317 g/mol. The number of hydrogen-bond acceptors (Lipinski definition) is 5. The Morgan fingerprint density at radius 2 is 2.22 bits per heavy atom. The number of hydrogen-bond donors (Lipinski definition) is 1. The molecule has 8 heteroatoms. The molecular formula is C15H19N5O3. The second-order valence-electron chi connectivity index (χ2n) is 5.49. The van der Waals surface area contributed by atoms with Gasteiger partial charge < -0.3 is 14.8 Å². The Labute approximate surface area is 133 Å². The van der Waals surface area contributed by atoms with E-state index in [0.29, 0.717) is 12.2 Å². The molecule has 0 aliphatic rings. The molecule has 1 heterocycles. The van der Waals surface area contributed by atoms with Gasteiger partial charge in [0, 0.05) is 50.7 Å². The fourth-order valence-corrected chi connectivity index (χ4v) is 2.25. The molecule has 2 rings (SSSR count). The summed E-state index contributed by atoms with van der Waals surface area (Å²) in [6.45, 7) is 2.43. The lowest BCUT2D eigenvalue weighted by Gasteiger charge is -2.16. The summed E-state index contributed by atoms with van der Waals surface area (Å²) in [5.74, 6) is -0.342. The second kappa shape index (κ2) is 6.91. The van der Waals surface area contributed by atoms with E-state index in [9.17, 15) is 14.9 Å². The number of anilines is 1. The molecule has 1 atom stereocenters. The van der Waals surface area contributed by atoms with Crippen molar-refractivity contribution in [3.63, 3.8) is 0 Å². The van der Waals surface area contributed by atoms with Crippen LogP contribution >= 0.6 is 0 Å². The van der Waals surface area contributed by atoms with Gasteiger partial charge in [0.15, 0.2) is 0 Å². The number of nitrogens with zero attached hydrogens (tertiary/aromatic N) is 4. The molecule has 0 bridgehead atoms. The van der Waals surface area contributed by atoms with Crippen LogP contribution in [0.4, 0.5) is 11.4 Å². The van der Waals surface area contributed by atoms with Crippen molar-refractivity contribution in [3.8, 4) is 0 Å². The molecule has 8 nitrogen and oxygen atoms in total. The zero-order chi connectivity index (χ0) is 17.0. The molecule has 1 amide bonds. The van der Waals surface area contributed by atoms with E-state index in [4.69, 9.17) is 0 Å². The predicted molar refractivity (Wildman–Crippen MR) is 86.6 cm³/mol. The van der Waals surface area contributed by atoms with Crippen molar-refractivity contribution in [2.75, 3.05) is 19.0 Å². The van der Waals surface area contributed by atoms with Crippen molar-refractivity contribution in [1.29, 1.82) is 0 Å². The van der Waals surface area contributed by atoms with Gasteiger partial charge in [0.25, 0.3) is 11.6 Å². The third-order valence-electron chi connectivity index (χ3n) is 3.34. The molecule has 0 aliphatic carbocycles. The van der Waals surface area contributed by atoms with E-state index in [2.05, 4.69) is 10.3 Å². The van der Waals surface area contributed by atoms with Crippen LogP contribution in [0.25, 0.3) is 0 Å². The van der Waals surface area contributed by atoms with E-state index in [1.54, 1.807) is 49.8 Å². The summed E-state index contributed by atoms with van der Waals surface area (Å²) in [4.78, 5) is 28.5. The Morgan fingerprint density at radius 3 is 2.78 bits per heavy atom. The van der Waals surface area contributed by atoms with E-state index >= 15 is 0 Å². The number of imidazole rings is 1. The van der Waals surface area contributed by atoms with Gasteiger partial charge in [-0.25, -0.2) is 4.98 Å². The minimum absolute atomic E-state index is 0.0927. The molecule has 1 aromatic carbocycles. The first-order valence-corrected chi connectivity index (χ1v) is 7.11. The molecule has 0 aliphatic heterocycles. The highest BCUT2D eigenvalue weighted by Crippen LogP contribution is 2.27. The number of rotatable bonds is 6. The zero-order valence-electron chi connectivity index (χ0n) is 13.3. The Morgan fingerprint density at radius 1 is 1.48 bits per heavy atom. The monoisotopic (exact) mass is 317 g/mol. The number of nitrogens with one attached hydrogen (secondary N) is 1. The number of benzene rings is 1. The van der Waals surface area contributed by atoms with Gasteiger partial charge in [-0.1, -0.05) is 0 Å². The summed E-state index contributed by atoms with van der Waals surface area (Å²) in [6, 6.07) is 4.33. The average Bonchev–Trinajstić information content (AvgIpc) is 2.98. The van der Waals surface area contributed by atoms with Crippen LogP contribution in [0.1, 0.15) is 17.3 Å². The zero-order valence-corrected chi connectivity index (χ0v) is 13.3. The number of carbonyl (C=O) groups is 1. The van der Waals surface area contributed by atoms with Crippen LogP contribution in [-0.2, 0) is 6.54 Å². The summed E-state index contributed by atoms with van der Waals surface area (Å²) >= 11 is 0. The van der Waals surface area contributed by atoms with Gasteiger partial charge in [-0.15, -0.1) is 0 Å². The van der Waals surface area contributed by atoms with E-state index in [1.807, 2.05) is 11.5 Å². The third kappa shape index (κ3) is 4.06. The molecule has 0 saturated carbocycles. The summed E-state index contributed by atoms with van der Waals surface area (Å²) in [7, 11) is 3.44. The molecule has 0 spiro atoms. The standard InChI is InChI=1S/C15H19N5O3/c1-11(9-19-7-6-16-10-19)17-15(21)12-4-5-13(18(2)3)14(8-12)20(22)23/h4-8,10-11H,9H2,1-3H3,(H,17,21)/t11-/m0/s1. The molecule has 0 saturated heterocycles. The number of nitro benzene ring substituents is 1. The quantitative estimate of drug-likeness (QED) is 0.646. The lowest BCUT2D eigenvalue weighted by atomic mass is 10.1. The lowest BCUT2D eigenvalue weighted by Crippen LogP contribution is -2.35. The maximum atomic E-state index is 12.3. The molecule has 2 aromatic rings. The summed E-state index contributed by atoms with van der Waals surface area (Å²) in [5, 5.41) is 14.0. The smallest absolute Gasteiger partial charge is 0.293 e. The molecule has 122 valence electrons. The Balaban J connectivity index is 2.12. The maximum Gasteiger partial charge on any atom is 0.293 e. The highest BCUT2D eigenvalue weighted by atomic mass is 16.6. The Bertz CT molecular complexity index is 697. The van der Waals surface area contributed by atoms with Crippen LogP contribution < -0.4 is 10.2 Å². The number of aromatic nitrogens is 2. The van der Waals surface area contributed by atoms with Crippen LogP contribution in [0.2, 0.25) is 0 Å². The highest BCUT2D eigenvalue weighted by molar-refractivity contribution is 5.95. The largest absolute Gasteiger partial charge is 0.372 e. The summed E-state index contributed by atoms with van der Waals surface area (Å²) < 4.78 is 1.85. The number of nitro groups is 1. The summed E-state index contributed by atoms with van der Waals surface area (Å²) in [5.41, 5.74) is 0.628. The maximum absolute atomic E-state index is 12.3. The van der Waals surface area contributed by atoms with Gasteiger partial charge in [0.05, 0.1) is 11.3 Å². The molecular weight excluding hydrogens is 298 g/mol. The van der Waals surface area contributed by atoms with Crippen LogP contribution in [-0.4, -0.2) is 40.5 Å². The molecule has 0 radical (unpaired) electrons. The second-order valence-corrected chi connectivity index (χ2v) is 5.49. The number of carbonyl (C=O) groups excluding carboxylic acids is 1. The van der Waals surface area contributed by atoms with Crippen LogP contribution in [0.3, 0.4) is 0 Å². The van der Waals surface area contributed by atoms with Gasteiger partial charge in [-0.05, 0) is 19.1 Å². The van der Waals surface area contributed by atoms with Gasteiger partial charge in [-0.2, -0.15) is 0 Å². The van der Waals surface area contributed by atoms with E-state index < -0.39 is 4.92 Å². The normalized spacial score (nSPS) is 11.8. The minimum atomic E-state index is -0.485. The van der Waals surface area contributed by atoms with Crippen molar-refractivity contribution >= 4 is 17.3 Å². The first-order chi connectivity index (χ1) is 10.9. The van der Waals surface area contributed by atoms with Crippen LogP contribution in [0.5, 0.6) is 0 Å². The first-order valence-electron chi connectivity index (χ1n) is 7.11. The first kappa shape index (κ1) is 16.5. The SMILES string of the molecule is C[C@@H](Cn1ccnc1)NC(=O)c1ccc(N(C)C)c([N+](=O)[O-])c1. The fraction of sp³-hybridized carbons (Fsp3) is 0.333. The van der Waals surface area contributed by atoms with Crippen molar-refractivity contribution in [3.05, 3.63) is 52.6 Å². The lowest BCUT2D eigenvalue weighted by molar-refractivity contribution is -0.384. The van der Waals surface area contributed by atoms with E-state index in [-0.39, 0.29) is 23.2 Å². The van der Waals surface area contributed by atoms with Gasteiger partial charge in [0.2, 0.25) is 0 Å². The van der Waals surface area contributed by atoms with Crippen LogP contribution in [0, 0.1) is 10.1 Å². The topological polar surface area (TPSA) is 93.3 Å². The Kier molecular flexibility index (Phi) is 4.95. The van der Waals surface area contributed by atoms with Crippen molar-refractivity contribution < 1.29 is 9.72 Å².